The van der Waals surface area contributed by atoms with Crippen LogP contribution in [0.2, 0.25) is 0 Å². The Morgan fingerprint density at radius 3 is 2.13 bits per heavy atom. The number of hydrogen-bond donors (Lipinski definition) is 3. The van der Waals surface area contributed by atoms with E-state index in [0.717, 1.165) is 22.3 Å². The van der Waals surface area contributed by atoms with Crippen LogP contribution >= 0.6 is 0 Å². The van der Waals surface area contributed by atoms with Gasteiger partial charge in [0.1, 0.15) is 6.61 Å². The van der Waals surface area contributed by atoms with Crippen LogP contribution in [0.3, 0.4) is 0 Å². The number of hydrogen-bond acceptors (Lipinski definition) is 4. The van der Waals surface area contributed by atoms with Crippen molar-refractivity contribution in [1.82, 2.24) is 10.6 Å². The van der Waals surface area contributed by atoms with Crippen molar-refractivity contribution >= 4 is 18.0 Å². The van der Waals surface area contributed by atoms with E-state index in [-0.39, 0.29) is 31.4 Å². The molecule has 0 saturated heterocycles. The lowest BCUT2D eigenvalue weighted by Gasteiger charge is -2.20. The molecule has 0 heterocycles. The van der Waals surface area contributed by atoms with Crippen molar-refractivity contribution in [3.8, 4) is 11.1 Å². The number of aliphatic carboxylic acids is 1. The van der Waals surface area contributed by atoms with Gasteiger partial charge in [-0.25, -0.2) is 4.79 Å². The SMILES string of the molecule is CC(CC(=O)NCC(C)(C)C(=O)O)NC(=O)OCC1c2ccccc2-c2ccccc21. The monoisotopic (exact) mass is 424 g/mol. The molecule has 1 atom stereocenters. The van der Waals surface area contributed by atoms with Crippen LogP contribution < -0.4 is 10.6 Å². The molecule has 2 amide bonds. The highest BCUT2D eigenvalue weighted by Crippen LogP contribution is 2.44. The largest absolute Gasteiger partial charge is 0.481 e. The number of benzene rings is 2. The number of carboxylic acids is 1. The lowest BCUT2D eigenvalue weighted by molar-refractivity contribution is -0.146. The van der Waals surface area contributed by atoms with Gasteiger partial charge in [-0.15, -0.1) is 0 Å². The normalized spacial score (nSPS) is 13.6. The third-order valence-electron chi connectivity index (χ3n) is 5.51. The van der Waals surface area contributed by atoms with Gasteiger partial charge in [-0.05, 0) is 43.0 Å². The maximum Gasteiger partial charge on any atom is 0.407 e. The fourth-order valence-electron chi connectivity index (χ4n) is 3.64. The number of rotatable bonds is 8. The summed E-state index contributed by atoms with van der Waals surface area (Å²) in [4.78, 5) is 35.4. The van der Waals surface area contributed by atoms with E-state index in [1.807, 2.05) is 36.4 Å². The molecule has 164 valence electrons. The molecule has 0 spiro atoms. The van der Waals surface area contributed by atoms with Gasteiger partial charge in [0, 0.05) is 24.9 Å². The number of carbonyl (C=O) groups is 3. The van der Waals surface area contributed by atoms with Crippen LogP contribution in [0.1, 0.15) is 44.2 Å². The molecule has 3 rings (SSSR count). The van der Waals surface area contributed by atoms with E-state index in [1.54, 1.807) is 6.92 Å². The molecule has 3 N–H and O–H groups in total. The molecule has 7 heteroatoms. The molecule has 0 radical (unpaired) electrons. The van der Waals surface area contributed by atoms with E-state index in [0.29, 0.717) is 0 Å². The Kier molecular flexibility index (Phi) is 6.63. The third-order valence-corrected chi connectivity index (χ3v) is 5.51. The third kappa shape index (κ3) is 5.23. The second-order valence-corrected chi connectivity index (χ2v) is 8.54. The zero-order valence-corrected chi connectivity index (χ0v) is 18.0. The number of amides is 2. The van der Waals surface area contributed by atoms with Crippen molar-refractivity contribution in [2.45, 2.75) is 39.2 Å². The summed E-state index contributed by atoms with van der Waals surface area (Å²) in [5.74, 6) is -1.35. The summed E-state index contributed by atoms with van der Waals surface area (Å²) >= 11 is 0. The van der Waals surface area contributed by atoms with Gasteiger partial charge >= 0.3 is 12.1 Å². The van der Waals surface area contributed by atoms with Gasteiger partial charge in [-0.3, -0.25) is 9.59 Å². The second-order valence-electron chi connectivity index (χ2n) is 8.54. The van der Waals surface area contributed by atoms with Gasteiger partial charge in [0.2, 0.25) is 5.91 Å². The standard InChI is InChI=1S/C24H28N2O5/c1-15(12-21(27)25-14-24(2,3)22(28)29)26-23(30)31-13-20-18-10-6-4-8-16(18)17-9-5-7-11-19(17)20/h4-11,15,20H,12-14H2,1-3H3,(H,25,27)(H,26,30)(H,28,29). The number of carboxylic acid groups (broad SMARTS) is 1. The number of carbonyl (C=O) groups excluding carboxylic acids is 2. The molecular formula is C24H28N2O5. The number of alkyl carbamates (subject to hydrolysis) is 1. The highest BCUT2D eigenvalue weighted by molar-refractivity contribution is 5.80. The topological polar surface area (TPSA) is 105 Å². The smallest absolute Gasteiger partial charge is 0.407 e. The van der Waals surface area contributed by atoms with Crippen molar-refractivity contribution < 1.29 is 24.2 Å². The molecule has 1 aliphatic rings. The molecule has 31 heavy (non-hydrogen) atoms. The van der Waals surface area contributed by atoms with Crippen molar-refractivity contribution in [1.29, 1.82) is 0 Å². The average Bonchev–Trinajstić information content (AvgIpc) is 3.04. The molecule has 0 saturated carbocycles. The number of fused-ring (bicyclic) bond motifs is 3. The van der Waals surface area contributed by atoms with Crippen molar-refractivity contribution in [2.75, 3.05) is 13.2 Å². The van der Waals surface area contributed by atoms with Crippen molar-refractivity contribution in [3.05, 3.63) is 59.7 Å². The zero-order chi connectivity index (χ0) is 22.6. The van der Waals surface area contributed by atoms with Crippen LogP contribution in [-0.4, -0.2) is 42.3 Å². The summed E-state index contributed by atoms with van der Waals surface area (Å²) < 4.78 is 5.48. The minimum Gasteiger partial charge on any atom is -0.481 e. The molecule has 0 aliphatic heterocycles. The average molecular weight is 424 g/mol. The summed E-state index contributed by atoms with van der Waals surface area (Å²) in [6, 6.07) is 15.7. The molecule has 0 aromatic heterocycles. The Labute approximate surface area is 181 Å². The lowest BCUT2D eigenvalue weighted by atomic mass is 9.94. The van der Waals surface area contributed by atoms with Gasteiger partial charge < -0.3 is 20.5 Å². The highest BCUT2D eigenvalue weighted by atomic mass is 16.5. The van der Waals surface area contributed by atoms with Gasteiger partial charge in [0.05, 0.1) is 5.41 Å². The van der Waals surface area contributed by atoms with Gasteiger partial charge in [-0.1, -0.05) is 48.5 Å². The van der Waals surface area contributed by atoms with E-state index in [9.17, 15) is 14.4 Å². The fourth-order valence-corrected chi connectivity index (χ4v) is 3.64. The number of nitrogens with one attached hydrogen (secondary N) is 2. The molecular weight excluding hydrogens is 396 g/mol. The van der Waals surface area contributed by atoms with Gasteiger partial charge in [-0.2, -0.15) is 0 Å². The predicted molar refractivity (Wildman–Crippen MR) is 117 cm³/mol. The summed E-state index contributed by atoms with van der Waals surface area (Å²) in [7, 11) is 0. The van der Waals surface area contributed by atoms with Crippen LogP contribution in [0.15, 0.2) is 48.5 Å². The summed E-state index contributed by atoms with van der Waals surface area (Å²) in [6.45, 7) is 4.98. The molecule has 2 aromatic carbocycles. The van der Waals surface area contributed by atoms with E-state index >= 15 is 0 Å². The first-order valence-corrected chi connectivity index (χ1v) is 10.3. The molecule has 0 bridgehead atoms. The predicted octanol–water partition coefficient (Wildman–Crippen LogP) is 3.53. The summed E-state index contributed by atoms with van der Waals surface area (Å²) in [6.07, 6.45) is -0.562. The van der Waals surface area contributed by atoms with Crippen molar-refractivity contribution in [2.24, 2.45) is 5.41 Å². The van der Waals surface area contributed by atoms with Crippen LogP contribution in [-0.2, 0) is 14.3 Å². The number of ether oxygens (including phenoxy) is 1. The van der Waals surface area contributed by atoms with Crippen LogP contribution in [0.4, 0.5) is 4.79 Å². The molecule has 0 fully saturated rings. The van der Waals surface area contributed by atoms with Crippen molar-refractivity contribution in [3.63, 3.8) is 0 Å². The zero-order valence-electron chi connectivity index (χ0n) is 18.0. The van der Waals surface area contributed by atoms with E-state index in [4.69, 9.17) is 9.84 Å². The Morgan fingerprint density at radius 2 is 1.58 bits per heavy atom. The Hall–Kier alpha value is -3.35. The first-order valence-electron chi connectivity index (χ1n) is 10.3. The summed E-state index contributed by atoms with van der Waals surface area (Å²) in [5.41, 5.74) is 3.51. The molecule has 2 aromatic rings. The first kappa shape index (κ1) is 22.3. The maximum atomic E-state index is 12.3. The Bertz CT molecular complexity index is 940. The Balaban J connectivity index is 1.50. The quantitative estimate of drug-likeness (QED) is 0.601. The van der Waals surface area contributed by atoms with E-state index in [1.165, 1.54) is 13.8 Å². The van der Waals surface area contributed by atoms with Gasteiger partial charge in [0.15, 0.2) is 0 Å². The summed E-state index contributed by atoms with van der Waals surface area (Å²) in [5, 5.41) is 14.4. The van der Waals surface area contributed by atoms with Crippen LogP contribution in [0.25, 0.3) is 11.1 Å². The van der Waals surface area contributed by atoms with E-state index in [2.05, 4.69) is 22.8 Å². The maximum absolute atomic E-state index is 12.3. The first-order chi connectivity index (χ1) is 14.7. The molecule has 7 nitrogen and oxygen atoms in total. The van der Waals surface area contributed by atoms with E-state index < -0.39 is 23.5 Å². The lowest BCUT2D eigenvalue weighted by Crippen LogP contribution is -2.42. The highest BCUT2D eigenvalue weighted by Gasteiger charge is 2.30. The minimum atomic E-state index is -1.06. The fraction of sp³-hybridized carbons (Fsp3) is 0.375. The molecule has 1 unspecified atom stereocenters. The van der Waals surface area contributed by atoms with Crippen LogP contribution in [0.5, 0.6) is 0 Å². The second kappa shape index (κ2) is 9.20. The Morgan fingerprint density at radius 1 is 1.03 bits per heavy atom. The van der Waals surface area contributed by atoms with Crippen LogP contribution in [0, 0.1) is 5.41 Å². The minimum absolute atomic E-state index is 0.0127. The van der Waals surface area contributed by atoms with Gasteiger partial charge in [0.25, 0.3) is 0 Å². The molecule has 1 aliphatic carbocycles.